The Morgan fingerprint density at radius 2 is 2.00 bits per heavy atom. The number of methoxy groups -OCH3 is 1. The van der Waals surface area contributed by atoms with Gasteiger partial charge in [-0.05, 0) is 49.3 Å². The molecule has 4 heteroatoms. The van der Waals surface area contributed by atoms with Crippen molar-refractivity contribution in [1.82, 2.24) is 0 Å². The second kappa shape index (κ2) is 4.95. The first-order chi connectivity index (χ1) is 9.63. The zero-order valence-corrected chi connectivity index (χ0v) is 12.4. The topological polar surface area (TPSA) is 42.2 Å². The molecule has 1 spiro atoms. The van der Waals surface area contributed by atoms with Crippen molar-refractivity contribution in [2.24, 2.45) is 5.41 Å². The largest absolute Gasteiger partial charge is 0.496 e. The van der Waals surface area contributed by atoms with Crippen LogP contribution in [-0.2, 0) is 10.2 Å². The number of nitrogens with zero attached hydrogens (tertiary/aromatic N) is 1. The molecule has 20 heavy (non-hydrogen) atoms. The van der Waals surface area contributed by atoms with Crippen LogP contribution in [0.3, 0.4) is 0 Å². The Hall–Kier alpha value is -1.24. The van der Waals surface area contributed by atoms with Crippen LogP contribution in [0.1, 0.15) is 31.2 Å². The minimum Gasteiger partial charge on any atom is -0.496 e. The summed E-state index contributed by atoms with van der Waals surface area (Å²) in [6, 6.07) is 8.07. The maximum Gasteiger partial charge on any atom is 0.123 e. The first kappa shape index (κ1) is 13.7. The highest BCUT2D eigenvalue weighted by molar-refractivity contribution is 6.30. The summed E-state index contributed by atoms with van der Waals surface area (Å²) >= 11 is 6.11. The highest BCUT2D eigenvalue weighted by Gasteiger charge is 2.57. The summed E-state index contributed by atoms with van der Waals surface area (Å²) in [5, 5.41) is 10.4. The Morgan fingerprint density at radius 3 is 2.60 bits per heavy atom. The minimum atomic E-state index is -0.451. The number of hydrogen-bond acceptors (Lipinski definition) is 3. The fourth-order valence-corrected chi connectivity index (χ4v) is 3.94. The average molecular weight is 292 g/mol. The second-order valence-electron chi connectivity index (χ2n) is 6.00. The van der Waals surface area contributed by atoms with Gasteiger partial charge in [0.2, 0.25) is 0 Å². The summed E-state index contributed by atoms with van der Waals surface area (Å²) in [6.07, 6.45) is 3.88. The molecular weight excluding hydrogens is 274 g/mol. The van der Waals surface area contributed by atoms with E-state index in [-0.39, 0.29) is 5.41 Å². The molecule has 0 amide bonds. The van der Waals surface area contributed by atoms with Crippen LogP contribution in [-0.4, -0.2) is 20.3 Å². The highest BCUT2D eigenvalue weighted by atomic mass is 35.5. The lowest BCUT2D eigenvalue weighted by atomic mass is 9.48. The van der Waals surface area contributed by atoms with Gasteiger partial charge in [-0.3, -0.25) is 0 Å². The number of halogens is 1. The number of hydrogen-bond donors (Lipinski definition) is 0. The fraction of sp³-hybridized carbons (Fsp3) is 0.562. The van der Waals surface area contributed by atoms with E-state index in [1.807, 2.05) is 12.1 Å². The van der Waals surface area contributed by atoms with Crippen molar-refractivity contribution < 1.29 is 9.47 Å². The predicted octanol–water partition coefficient (Wildman–Crippen LogP) is 3.70. The molecule has 0 N–H and O–H groups in total. The number of rotatable bonds is 2. The lowest BCUT2D eigenvalue weighted by Crippen LogP contribution is -2.51. The van der Waals surface area contributed by atoms with Crippen LogP contribution in [0.25, 0.3) is 0 Å². The summed E-state index contributed by atoms with van der Waals surface area (Å²) in [5.41, 5.74) is 0.765. The van der Waals surface area contributed by atoms with Gasteiger partial charge in [-0.25, -0.2) is 0 Å². The SMILES string of the molecule is COc1ccc(Cl)cc1C1(C#N)CC2(CCOCC2)C1. The Labute approximate surface area is 124 Å². The van der Waals surface area contributed by atoms with Gasteiger partial charge in [0.15, 0.2) is 0 Å². The lowest BCUT2D eigenvalue weighted by molar-refractivity contribution is -0.0582. The molecule has 1 aromatic rings. The van der Waals surface area contributed by atoms with Gasteiger partial charge in [-0.1, -0.05) is 11.6 Å². The number of nitriles is 1. The van der Waals surface area contributed by atoms with Crippen molar-refractivity contribution in [1.29, 1.82) is 5.26 Å². The van der Waals surface area contributed by atoms with Crippen molar-refractivity contribution in [2.75, 3.05) is 20.3 Å². The minimum absolute atomic E-state index is 0.279. The summed E-state index contributed by atoms with van der Waals surface area (Å²) in [4.78, 5) is 0. The van der Waals surface area contributed by atoms with Crippen molar-refractivity contribution in [2.45, 2.75) is 31.1 Å². The first-order valence-corrected chi connectivity index (χ1v) is 7.34. The highest BCUT2D eigenvalue weighted by Crippen LogP contribution is 2.61. The Bertz CT molecular complexity index is 550. The molecule has 2 fully saturated rings. The van der Waals surface area contributed by atoms with Gasteiger partial charge in [0.1, 0.15) is 5.75 Å². The Kier molecular flexibility index (Phi) is 3.40. The molecule has 1 aromatic carbocycles. The normalized spacial score (nSPS) is 22.9. The Balaban J connectivity index is 1.92. The van der Waals surface area contributed by atoms with E-state index < -0.39 is 5.41 Å². The molecule has 3 rings (SSSR count). The van der Waals surface area contributed by atoms with Crippen LogP contribution in [0.4, 0.5) is 0 Å². The standard InChI is InChI=1S/C16H18ClNO2/c1-19-14-3-2-12(17)8-13(14)16(11-18)9-15(10-16)4-6-20-7-5-15/h2-3,8H,4-7,9-10H2,1H3. The van der Waals surface area contributed by atoms with Gasteiger partial charge < -0.3 is 9.47 Å². The third-order valence-electron chi connectivity index (χ3n) is 4.80. The van der Waals surface area contributed by atoms with Crippen molar-refractivity contribution in [3.05, 3.63) is 28.8 Å². The van der Waals surface area contributed by atoms with Gasteiger partial charge in [-0.15, -0.1) is 0 Å². The zero-order valence-electron chi connectivity index (χ0n) is 11.6. The molecule has 0 bridgehead atoms. The number of benzene rings is 1. The van der Waals surface area contributed by atoms with E-state index in [1.54, 1.807) is 13.2 Å². The smallest absolute Gasteiger partial charge is 0.123 e. The van der Waals surface area contributed by atoms with Gasteiger partial charge in [-0.2, -0.15) is 5.26 Å². The van der Waals surface area contributed by atoms with Crippen LogP contribution in [0.15, 0.2) is 18.2 Å². The van der Waals surface area contributed by atoms with Crippen LogP contribution in [0.2, 0.25) is 5.02 Å². The third-order valence-corrected chi connectivity index (χ3v) is 5.03. The first-order valence-electron chi connectivity index (χ1n) is 6.96. The van der Waals surface area contributed by atoms with E-state index in [0.29, 0.717) is 5.02 Å². The van der Waals surface area contributed by atoms with Crippen molar-refractivity contribution in [3.8, 4) is 11.8 Å². The van der Waals surface area contributed by atoms with Gasteiger partial charge in [0.05, 0.1) is 18.6 Å². The van der Waals surface area contributed by atoms with Gasteiger partial charge in [0.25, 0.3) is 0 Å². The molecule has 2 aliphatic rings. The van der Waals surface area contributed by atoms with E-state index in [1.165, 1.54) is 0 Å². The molecule has 1 heterocycles. The van der Waals surface area contributed by atoms with Crippen LogP contribution in [0, 0.1) is 16.7 Å². The summed E-state index contributed by atoms with van der Waals surface area (Å²) in [5.74, 6) is 0.762. The van der Waals surface area contributed by atoms with E-state index >= 15 is 0 Å². The molecule has 3 nitrogen and oxygen atoms in total. The fourth-order valence-electron chi connectivity index (χ4n) is 3.77. The molecule has 0 aromatic heterocycles. The summed E-state index contributed by atoms with van der Waals surface area (Å²) in [7, 11) is 1.64. The van der Waals surface area contributed by atoms with E-state index in [2.05, 4.69) is 6.07 Å². The molecule has 0 radical (unpaired) electrons. The van der Waals surface area contributed by atoms with Gasteiger partial charge >= 0.3 is 0 Å². The monoisotopic (exact) mass is 291 g/mol. The predicted molar refractivity (Wildman–Crippen MR) is 77.0 cm³/mol. The summed E-state index contributed by atoms with van der Waals surface area (Å²) in [6.45, 7) is 1.63. The molecular formula is C16H18ClNO2. The van der Waals surface area contributed by atoms with E-state index in [4.69, 9.17) is 21.1 Å². The molecule has 1 aliphatic carbocycles. The average Bonchev–Trinajstić information content (AvgIpc) is 2.45. The van der Waals surface area contributed by atoms with Crippen molar-refractivity contribution >= 4 is 11.6 Å². The number of ether oxygens (including phenoxy) is 2. The van der Waals surface area contributed by atoms with E-state index in [0.717, 1.165) is 50.2 Å². The molecule has 1 saturated carbocycles. The Morgan fingerprint density at radius 1 is 1.30 bits per heavy atom. The lowest BCUT2D eigenvalue weighted by Gasteiger charge is -2.55. The third kappa shape index (κ3) is 2.08. The zero-order chi connectivity index (χ0) is 14.2. The molecule has 1 aliphatic heterocycles. The molecule has 0 unspecified atom stereocenters. The quantitative estimate of drug-likeness (QED) is 0.834. The molecule has 0 atom stereocenters. The molecule has 106 valence electrons. The van der Waals surface area contributed by atoms with Crippen LogP contribution in [0.5, 0.6) is 5.75 Å². The molecule has 1 saturated heterocycles. The van der Waals surface area contributed by atoms with Gasteiger partial charge in [0, 0.05) is 23.8 Å². The van der Waals surface area contributed by atoms with Crippen molar-refractivity contribution in [3.63, 3.8) is 0 Å². The van der Waals surface area contributed by atoms with E-state index in [9.17, 15) is 5.26 Å². The van der Waals surface area contributed by atoms with Crippen LogP contribution < -0.4 is 4.74 Å². The van der Waals surface area contributed by atoms with Crippen LogP contribution >= 0.6 is 11.6 Å². The maximum absolute atomic E-state index is 9.73. The summed E-state index contributed by atoms with van der Waals surface area (Å²) < 4.78 is 10.9. The second-order valence-corrected chi connectivity index (χ2v) is 6.44. The maximum atomic E-state index is 9.73.